The highest BCUT2D eigenvalue weighted by atomic mass is 15.3. The van der Waals surface area contributed by atoms with Crippen LogP contribution in [0.1, 0.15) is 12.5 Å². The summed E-state index contributed by atoms with van der Waals surface area (Å²) in [6.45, 7) is 4.68. The molecule has 1 aromatic carbocycles. The Balaban J connectivity index is 2.77. The van der Waals surface area contributed by atoms with Gasteiger partial charge in [0.05, 0.1) is 0 Å². The van der Waals surface area contributed by atoms with Crippen LogP contribution in [0, 0.1) is 6.92 Å². The molecule has 0 unspecified atom stereocenters. The second-order valence-corrected chi connectivity index (χ2v) is 2.91. The molecule has 0 radical (unpaired) electrons. The van der Waals surface area contributed by atoms with Crippen LogP contribution in [0.4, 0.5) is 5.69 Å². The standard InChI is InChI=1S/C10H16N4/c1-3-12-10(14-11)13-9-7-5-4-6-8(9)2/h4-7H,3,11H2,1-2H3,(H2,12,13,14). The summed E-state index contributed by atoms with van der Waals surface area (Å²) in [6.07, 6.45) is 0. The molecule has 4 heteroatoms. The van der Waals surface area contributed by atoms with Crippen molar-refractivity contribution >= 4 is 11.6 Å². The first-order valence-corrected chi connectivity index (χ1v) is 4.61. The Morgan fingerprint density at radius 3 is 2.71 bits per heavy atom. The fourth-order valence-corrected chi connectivity index (χ4v) is 1.12. The Bertz CT molecular complexity index is 320. The molecule has 0 spiro atoms. The third-order valence-electron chi connectivity index (χ3n) is 1.85. The third-order valence-corrected chi connectivity index (χ3v) is 1.85. The van der Waals surface area contributed by atoms with Gasteiger partial charge in [-0.1, -0.05) is 18.2 Å². The fourth-order valence-electron chi connectivity index (χ4n) is 1.12. The van der Waals surface area contributed by atoms with Crippen molar-refractivity contribution in [3.05, 3.63) is 29.8 Å². The number of aryl methyl sites for hydroxylation is 1. The Kier molecular flexibility index (Phi) is 3.94. The first-order chi connectivity index (χ1) is 6.77. The van der Waals surface area contributed by atoms with Gasteiger partial charge in [0.15, 0.2) is 0 Å². The van der Waals surface area contributed by atoms with E-state index < -0.39 is 0 Å². The molecule has 0 heterocycles. The van der Waals surface area contributed by atoms with Crippen molar-refractivity contribution in [3.63, 3.8) is 0 Å². The number of rotatable bonds is 2. The molecule has 0 fully saturated rings. The number of guanidine groups is 1. The molecule has 76 valence electrons. The lowest BCUT2D eigenvalue weighted by Crippen LogP contribution is -2.36. The van der Waals surface area contributed by atoms with E-state index in [0.717, 1.165) is 11.3 Å². The van der Waals surface area contributed by atoms with Gasteiger partial charge < -0.3 is 5.32 Å². The van der Waals surface area contributed by atoms with Crippen LogP contribution in [0.5, 0.6) is 0 Å². The van der Waals surface area contributed by atoms with Gasteiger partial charge in [-0.15, -0.1) is 0 Å². The molecule has 1 rings (SSSR count). The third kappa shape index (κ3) is 2.74. The lowest BCUT2D eigenvalue weighted by Gasteiger charge is -2.10. The van der Waals surface area contributed by atoms with E-state index in [0.29, 0.717) is 12.5 Å². The fraction of sp³-hybridized carbons (Fsp3) is 0.300. The van der Waals surface area contributed by atoms with Crippen LogP contribution in [0.25, 0.3) is 0 Å². The van der Waals surface area contributed by atoms with Gasteiger partial charge in [0.2, 0.25) is 5.96 Å². The monoisotopic (exact) mass is 192 g/mol. The predicted octanol–water partition coefficient (Wildman–Crippen LogP) is 1.25. The van der Waals surface area contributed by atoms with Gasteiger partial charge in [-0.25, -0.2) is 5.84 Å². The normalized spacial score (nSPS) is 11.2. The number of nitrogens with two attached hydrogens (primary N) is 1. The van der Waals surface area contributed by atoms with Gasteiger partial charge in [-0.2, -0.15) is 0 Å². The molecular weight excluding hydrogens is 176 g/mol. The van der Waals surface area contributed by atoms with E-state index >= 15 is 0 Å². The van der Waals surface area contributed by atoms with Crippen LogP contribution in [0.3, 0.4) is 0 Å². The van der Waals surface area contributed by atoms with E-state index in [4.69, 9.17) is 5.84 Å². The van der Waals surface area contributed by atoms with E-state index in [1.54, 1.807) is 0 Å². The average molecular weight is 192 g/mol. The number of anilines is 1. The van der Waals surface area contributed by atoms with Crippen molar-refractivity contribution in [2.45, 2.75) is 13.8 Å². The van der Waals surface area contributed by atoms with E-state index in [1.807, 2.05) is 38.1 Å². The topological polar surface area (TPSA) is 62.4 Å². The number of hydrazine groups is 1. The summed E-state index contributed by atoms with van der Waals surface area (Å²) >= 11 is 0. The molecule has 0 saturated carbocycles. The van der Waals surface area contributed by atoms with Crippen LogP contribution in [-0.4, -0.2) is 12.5 Å². The van der Waals surface area contributed by atoms with Crippen LogP contribution < -0.4 is 16.6 Å². The zero-order valence-electron chi connectivity index (χ0n) is 8.54. The maximum atomic E-state index is 5.31. The van der Waals surface area contributed by atoms with E-state index in [2.05, 4.69) is 15.7 Å². The number of nitrogens with zero attached hydrogens (tertiary/aromatic N) is 1. The van der Waals surface area contributed by atoms with Gasteiger partial charge in [0, 0.05) is 12.2 Å². The summed E-state index contributed by atoms with van der Waals surface area (Å²) in [5.74, 6) is 5.90. The molecule has 0 aliphatic rings. The van der Waals surface area contributed by atoms with Crippen LogP contribution in [-0.2, 0) is 0 Å². The van der Waals surface area contributed by atoms with Crippen LogP contribution >= 0.6 is 0 Å². The molecule has 0 aliphatic carbocycles. The largest absolute Gasteiger partial charge is 0.325 e. The molecule has 14 heavy (non-hydrogen) atoms. The molecule has 4 nitrogen and oxygen atoms in total. The summed E-state index contributed by atoms with van der Waals surface area (Å²) in [5.41, 5.74) is 4.69. The molecule has 0 saturated heterocycles. The van der Waals surface area contributed by atoms with Gasteiger partial charge in [-0.3, -0.25) is 10.4 Å². The minimum absolute atomic E-state index is 0.585. The van der Waals surface area contributed by atoms with E-state index in [-0.39, 0.29) is 0 Å². The molecule has 1 aromatic rings. The number of hydrogen-bond donors (Lipinski definition) is 3. The molecule has 0 amide bonds. The van der Waals surface area contributed by atoms with Gasteiger partial charge in [0.25, 0.3) is 0 Å². The highest BCUT2D eigenvalue weighted by Gasteiger charge is 1.98. The Morgan fingerprint density at radius 2 is 2.14 bits per heavy atom. The lowest BCUT2D eigenvalue weighted by molar-refractivity contribution is 0.985. The van der Waals surface area contributed by atoms with Crippen LogP contribution in [0.2, 0.25) is 0 Å². The molecule has 0 bridgehead atoms. The Labute approximate surface area is 84.2 Å². The average Bonchev–Trinajstić information content (AvgIpc) is 2.20. The number of para-hydroxylation sites is 1. The molecule has 0 aromatic heterocycles. The van der Waals surface area contributed by atoms with Crippen molar-refractivity contribution in [1.82, 2.24) is 5.43 Å². The van der Waals surface area contributed by atoms with Crippen molar-refractivity contribution in [3.8, 4) is 0 Å². The van der Waals surface area contributed by atoms with Crippen molar-refractivity contribution < 1.29 is 0 Å². The number of benzene rings is 1. The second-order valence-electron chi connectivity index (χ2n) is 2.91. The van der Waals surface area contributed by atoms with Crippen LogP contribution in [0.15, 0.2) is 29.3 Å². The van der Waals surface area contributed by atoms with Crippen molar-refractivity contribution in [2.75, 3.05) is 11.9 Å². The first kappa shape index (κ1) is 10.5. The quantitative estimate of drug-likeness (QED) is 0.286. The smallest absolute Gasteiger partial charge is 0.210 e. The van der Waals surface area contributed by atoms with E-state index in [9.17, 15) is 0 Å². The minimum atomic E-state index is 0.585. The minimum Gasteiger partial charge on any atom is -0.325 e. The van der Waals surface area contributed by atoms with Crippen molar-refractivity contribution in [1.29, 1.82) is 0 Å². The predicted molar refractivity (Wildman–Crippen MR) is 60.1 cm³/mol. The molecular formula is C10H16N4. The van der Waals surface area contributed by atoms with Gasteiger partial charge >= 0.3 is 0 Å². The Morgan fingerprint density at radius 1 is 1.43 bits per heavy atom. The summed E-state index contributed by atoms with van der Waals surface area (Å²) in [4.78, 5) is 4.15. The summed E-state index contributed by atoms with van der Waals surface area (Å²) in [7, 11) is 0. The van der Waals surface area contributed by atoms with E-state index in [1.165, 1.54) is 0 Å². The Hall–Kier alpha value is -1.55. The lowest BCUT2D eigenvalue weighted by atomic mass is 10.2. The SMILES string of the molecule is CCN=C(NN)Nc1ccccc1C. The maximum absolute atomic E-state index is 5.31. The number of nitrogens with one attached hydrogen (secondary N) is 2. The zero-order valence-corrected chi connectivity index (χ0v) is 8.54. The van der Waals surface area contributed by atoms with Gasteiger partial charge in [0.1, 0.15) is 0 Å². The summed E-state index contributed by atoms with van der Waals surface area (Å²) in [5, 5.41) is 3.11. The highest BCUT2D eigenvalue weighted by molar-refractivity contribution is 5.93. The maximum Gasteiger partial charge on any atom is 0.210 e. The zero-order chi connectivity index (χ0) is 10.4. The van der Waals surface area contributed by atoms with Crippen molar-refractivity contribution in [2.24, 2.45) is 10.8 Å². The second kappa shape index (κ2) is 5.24. The molecule has 0 atom stereocenters. The molecule has 4 N–H and O–H groups in total. The molecule has 0 aliphatic heterocycles. The highest BCUT2D eigenvalue weighted by Crippen LogP contribution is 2.12. The number of hydrogen-bond acceptors (Lipinski definition) is 2. The summed E-state index contributed by atoms with van der Waals surface area (Å²) in [6, 6.07) is 7.97. The van der Waals surface area contributed by atoms with Gasteiger partial charge in [-0.05, 0) is 25.5 Å². The number of aliphatic imine (C=N–C) groups is 1. The summed E-state index contributed by atoms with van der Waals surface area (Å²) < 4.78 is 0. The first-order valence-electron chi connectivity index (χ1n) is 4.61.